The van der Waals surface area contributed by atoms with Crippen LogP contribution in [0.4, 0.5) is 0 Å². The number of hydrogen-bond acceptors (Lipinski definition) is 1. The Morgan fingerprint density at radius 1 is 1.50 bits per heavy atom. The van der Waals surface area contributed by atoms with Gasteiger partial charge in [0.05, 0.1) is 0 Å². The number of carbonyl (C=O) groups excluding carboxylic acids is 1. The summed E-state index contributed by atoms with van der Waals surface area (Å²) < 4.78 is 0. The van der Waals surface area contributed by atoms with E-state index in [2.05, 4.69) is 32.1 Å². The highest BCUT2D eigenvalue weighted by Gasteiger charge is 2.15. The van der Waals surface area contributed by atoms with Crippen LogP contribution in [0.1, 0.15) is 46.0 Å². The van der Waals surface area contributed by atoms with Crippen molar-refractivity contribution >= 4 is 5.78 Å². The molecule has 0 radical (unpaired) electrons. The van der Waals surface area contributed by atoms with Crippen LogP contribution in [-0.4, -0.2) is 5.78 Å². The first kappa shape index (κ1) is 11.2. The van der Waals surface area contributed by atoms with Crippen molar-refractivity contribution in [2.75, 3.05) is 0 Å². The zero-order chi connectivity index (χ0) is 10.4. The van der Waals surface area contributed by atoms with Crippen molar-refractivity contribution in [1.29, 1.82) is 0 Å². The van der Waals surface area contributed by atoms with Crippen molar-refractivity contribution in [2.24, 2.45) is 5.92 Å². The van der Waals surface area contributed by atoms with Crippen molar-refractivity contribution in [3.05, 3.63) is 23.8 Å². The molecule has 0 aromatic rings. The van der Waals surface area contributed by atoms with E-state index >= 15 is 0 Å². The number of rotatable bonds is 3. The van der Waals surface area contributed by atoms with Gasteiger partial charge in [-0.2, -0.15) is 0 Å². The standard InChI is InChI=1S/C13H20O/c1-3-4-8-11(2)12-9-6-5-7-10-13(12)14/h4,8-9,11H,3,5-7,10H2,1-2H3/b8-4-/t11-/m1/s1. The van der Waals surface area contributed by atoms with Crippen molar-refractivity contribution in [1.82, 2.24) is 0 Å². The number of hydrogen-bond donors (Lipinski definition) is 0. The van der Waals surface area contributed by atoms with Gasteiger partial charge in [0.15, 0.2) is 5.78 Å². The Balaban J connectivity index is 2.67. The minimum atomic E-state index is 0.306. The summed E-state index contributed by atoms with van der Waals surface area (Å²) in [7, 11) is 0. The van der Waals surface area contributed by atoms with E-state index in [0.29, 0.717) is 11.7 Å². The highest BCUT2D eigenvalue weighted by atomic mass is 16.1. The summed E-state index contributed by atoms with van der Waals surface area (Å²) in [6.45, 7) is 4.23. The first-order chi connectivity index (χ1) is 6.75. The molecule has 14 heavy (non-hydrogen) atoms. The van der Waals surface area contributed by atoms with Gasteiger partial charge in [-0.3, -0.25) is 4.79 Å². The zero-order valence-corrected chi connectivity index (χ0v) is 9.25. The smallest absolute Gasteiger partial charge is 0.159 e. The van der Waals surface area contributed by atoms with Gasteiger partial charge in [-0.1, -0.05) is 32.1 Å². The molecule has 0 spiro atoms. The number of carbonyl (C=O) groups is 1. The molecule has 1 nitrogen and oxygen atoms in total. The number of ketones is 1. The molecule has 1 atom stereocenters. The third-order valence-corrected chi connectivity index (χ3v) is 2.70. The van der Waals surface area contributed by atoms with Crippen LogP contribution in [0.15, 0.2) is 23.8 Å². The molecule has 78 valence electrons. The van der Waals surface area contributed by atoms with E-state index in [9.17, 15) is 4.79 Å². The lowest BCUT2D eigenvalue weighted by molar-refractivity contribution is -0.115. The average molecular weight is 192 g/mol. The Labute approximate surface area is 86.9 Å². The fourth-order valence-electron chi connectivity index (χ4n) is 1.83. The van der Waals surface area contributed by atoms with Crippen molar-refractivity contribution < 1.29 is 4.79 Å². The maximum Gasteiger partial charge on any atom is 0.159 e. The quantitative estimate of drug-likeness (QED) is 0.624. The maximum atomic E-state index is 11.7. The highest BCUT2D eigenvalue weighted by Crippen LogP contribution is 2.21. The van der Waals surface area contributed by atoms with Crippen LogP contribution in [-0.2, 0) is 4.79 Å². The number of Topliss-reactive ketones (excluding diaryl/α,β-unsaturated/α-hetero) is 1. The lowest BCUT2D eigenvalue weighted by atomic mass is 9.95. The lowest BCUT2D eigenvalue weighted by Gasteiger charge is -2.09. The summed E-state index contributed by atoms with van der Waals surface area (Å²) in [4.78, 5) is 11.7. The fraction of sp³-hybridized carbons (Fsp3) is 0.615. The van der Waals surface area contributed by atoms with E-state index in [1.165, 1.54) is 6.42 Å². The molecule has 1 aliphatic carbocycles. The van der Waals surface area contributed by atoms with E-state index in [1.807, 2.05) is 0 Å². The molecule has 0 aromatic heterocycles. The molecule has 0 N–H and O–H groups in total. The van der Waals surface area contributed by atoms with E-state index in [4.69, 9.17) is 0 Å². The Bertz CT molecular complexity index is 248. The third kappa shape index (κ3) is 3.13. The van der Waals surface area contributed by atoms with Gasteiger partial charge in [0.2, 0.25) is 0 Å². The zero-order valence-electron chi connectivity index (χ0n) is 9.25. The fourth-order valence-corrected chi connectivity index (χ4v) is 1.83. The van der Waals surface area contributed by atoms with Crippen LogP contribution >= 0.6 is 0 Å². The SMILES string of the molecule is CC/C=C\[C@@H](C)C1=CCCCCC1=O. The number of allylic oxidation sites excluding steroid dienone is 4. The van der Waals surface area contributed by atoms with Crippen LogP contribution in [0.3, 0.4) is 0 Å². The Morgan fingerprint density at radius 3 is 3.00 bits per heavy atom. The van der Waals surface area contributed by atoms with Crippen LogP contribution in [0.2, 0.25) is 0 Å². The van der Waals surface area contributed by atoms with E-state index < -0.39 is 0 Å². The molecular weight excluding hydrogens is 172 g/mol. The van der Waals surface area contributed by atoms with Crippen molar-refractivity contribution in [3.8, 4) is 0 Å². The second-order valence-electron chi connectivity index (χ2n) is 3.95. The van der Waals surface area contributed by atoms with Crippen LogP contribution < -0.4 is 0 Å². The van der Waals surface area contributed by atoms with Gasteiger partial charge in [0.1, 0.15) is 0 Å². The molecular formula is C13H20O. The molecule has 0 saturated carbocycles. The van der Waals surface area contributed by atoms with E-state index in [-0.39, 0.29) is 0 Å². The van der Waals surface area contributed by atoms with Gasteiger partial charge >= 0.3 is 0 Å². The minimum absolute atomic E-state index is 0.306. The normalized spacial score (nSPS) is 20.7. The second kappa shape index (κ2) is 5.79. The molecule has 0 aliphatic heterocycles. The molecule has 0 aromatic carbocycles. The summed E-state index contributed by atoms with van der Waals surface area (Å²) in [6.07, 6.45) is 11.5. The summed E-state index contributed by atoms with van der Waals surface area (Å²) in [5.41, 5.74) is 1.03. The highest BCUT2D eigenvalue weighted by molar-refractivity contribution is 5.96. The van der Waals surface area contributed by atoms with Gasteiger partial charge in [-0.25, -0.2) is 0 Å². The molecule has 0 bridgehead atoms. The summed E-state index contributed by atoms with van der Waals surface area (Å²) in [5.74, 6) is 0.663. The van der Waals surface area contributed by atoms with Crippen LogP contribution in [0, 0.1) is 5.92 Å². The van der Waals surface area contributed by atoms with Gasteiger partial charge in [0, 0.05) is 12.3 Å². The minimum Gasteiger partial charge on any atom is -0.295 e. The third-order valence-electron chi connectivity index (χ3n) is 2.70. The summed E-state index contributed by atoms with van der Waals surface area (Å²) in [5, 5.41) is 0. The molecule has 0 fully saturated rings. The molecule has 1 aliphatic rings. The molecule has 0 unspecified atom stereocenters. The van der Waals surface area contributed by atoms with Gasteiger partial charge in [-0.05, 0) is 31.3 Å². The first-order valence-corrected chi connectivity index (χ1v) is 5.65. The largest absolute Gasteiger partial charge is 0.295 e. The van der Waals surface area contributed by atoms with Crippen LogP contribution in [0.5, 0.6) is 0 Å². The predicted molar refractivity (Wildman–Crippen MR) is 60.2 cm³/mol. The molecule has 1 heteroatoms. The maximum absolute atomic E-state index is 11.7. The average Bonchev–Trinajstić information content (AvgIpc) is 2.39. The van der Waals surface area contributed by atoms with Gasteiger partial charge < -0.3 is 0 Å². The summed E-state index contributed by atoms with van der Waals surface area (Å²) >= 11 is 0. The Morgan fingerprint density at radius 2 is 2.29 bits per heavy atom. The Kier molecular flexibility index (Phi) is 4.64. The molecule has 1 rings (SSSR count). The van der Waals surface area contributed by atoms with Crippen LogP contribution in [0.25, 0.3) is 0 Å². The van der Waals surface area contributed by atoms with E-state index in [0.717, 1.165) is 31.3 Å². The van der Waals surface area contributed by atoms with Crippen molar-refractivity contribution in [2.45, 2.75) is 46.0 Å². The topological polar surface area (TPSA) is 17.1 Å². The monoisotopic (exact) mass is 192 g/mol. The molecule has 0 saturated heterocycles. The van der Waals surface area contributed by atoms with E-state index in [1.54, 1.807) is 0 Å². The van der Waals surface area contributed by atoms with Crippen molar-refractivity contribution in [3.63, 3.8) is 0 Å². The molecule has 0 amide bonds. The molecule has 0 heterocycles. The van der Waals surface area contributed by atoms with Gasteiger partial charge in [-0.15, -0.1) is 0 Å². The Hall–Kier alpha value is -0.850. The predicted octanol–water partition coefficient (Wildman–Crippen LogP) is 3.66. The second-order valence-corrected chi connectivity index (χ2v) is 3.95. The lowest BCUT2D eigenvalue weighted by Crippen LogP contribution is -2.07. The first-order valence-electron chi connectivity index (χ1n) is 5.65. The summed E-state index contributed by atoms with van der Waals surface area (Å²) in [6, 6.07) is 0. The van der Waals surface area contributed by atoms with Gasteiger partial charge in [0.25, 0.3) is 0 Å².